The predicted molar refractivity (Wildman–Crippen MR) is 83.2 cm³/mol. The van der Waals surface area contributed by atoms with Gasteiger partial charge in [0.15, 0.2) is 0 Å². The molecule has 0 bridgehead atoms. The highest BCUT2D eigenvalue weighted by atomic mass is 16.4. The largest absolute Gasteiger partial charge is 0.478 e. The van der Waals surface area contributed by atoms with E-state index in [0.29, 0.717) is 23.1 Å². The van der Waals surface area contributed by atoms with Gasteiger partial charge in [-0.25, -0.2) is 9.78 Å². The first kappa shape index (κ1) is 14.0. The monoisotopic (exact) mass is 294 g/mol. The maximum atomic E-state index is 12.0. The number of carbonyl (C=O) groups is 1. The van der Waals surface area contributed by atoms with Crippen molar-refractivity contribution in [3.8, 4) is 0 Å². The molecule has 3 rings (SSSR count). The summed E-state index contributed by atoms with van der Waals surface area (Å²) in [5, 5.41) is 9.42. The Morgan fingerprint density at radius 2 is 1.86 bits per heavy atom. The van der Waals surface area contributed by atoms with Crippen LogP contribution in [0, 0.1) is 0 Å². The van der Waals surface area contributed by atoms with Gasteiger partial charge in [-0.15, -0.1) is 0 Å². The average molecular weight is 294 g/mol. The summed E-state index contributed by atoms with van der Waals surface area (Å²) in [5.74, 6) is -0.473. The Morgan fingerprint density at radius 3 is 2.59 bits per heavy atom. The third-order valence-electron chi connectivity index (χ3n) is 3.50. The average Bonchev–Trinajstić information content (AvgIpc) is 2.53. The Balaban J connectivity index is 1.93. The predicted octanol–water partition coefficient (Wildman–Crippen LogP) is 2.41. The van der Waals surface area contributed by atoms with Gasteiger partial charge in [0.25, 0.3) is 5.56 Å². The zero-order valence-corrected chi connectivity index (χ0v) is 11.7. The van der Waals surface area contributed by atoms with Gasteiger partial charge in [-0.3, -0.25) is 4.79 Å². The lowest BCUT2D eigenvalue weighted by Gasteiger charge is -2.04. The molecule has 1 aromatic heterocycles. The number of hydrogen-bond donors (Lipinski definition) is 2. The van der Waals surface area contributed by atoms with Crippen LogP contribution < -0.4 is 5.56 Å². The molecular weight excluding hydrogens is 280 g/mol. The number of aromatic nitrogens is 2. The minimum absolute atomic E-state index is 0.125. The van der Waals surface area contributed by atoms with Crippen molar-refractivity contribution in [3.05, 3.63) is 75.8 Å². The summed E-state index contributed by atoms with van der Waals surface area (Å²) < 4.78 is 0. The number of rotatable bonds is 4. The van der Waals surface area contributed by atoms with Crippen LogP contribution >= 0.6 is 0 Å². The van der Waals surface area contributed by atoms with Crippen molar-refractivity contribution in [1.29, 1.82) is 0 Å². The molecule has 0 aliphatic rings. The number of nitrogens with zero attached hydrogens (tertiary/aromatic N) is 1. The molecule has 0 aliphatic heterocycles. The van der Waals surface area contributed by atoms with E-state index in [1.807, 2.05) is 30.3 Å². The van der Waals surface area contributed by atoms with E-state index in [2.05, 4.69) is 9.97 Å². The number of aromatic amines is 1. The molecule has 0 atom stereocenters. The highest BCUT2D eigenvalue weighted by Gasteiger charge is 2.08. The second-order valence-electron chi connectivity index (χ2n) is 5.04. The molecule has 3 aromatic rings. The van der Waals surface area contributed by atoms with Crippen LogP contribution in [0.5, 0.6) is 0 Å². The summed E-state index contributed by atoms with van der Waals surface area (Å²) in [6.45, 7) is 0. The molecule has 110 valence electrons. The summed E-state index contributed by atoms with van der Waals surface area (Å²) >= 11 is 0. The number of fused-ring (bicyclic) bond motifs is 1. The van der Waals surface area contributed by atoms with E-state index in [0.717, 1.165) is 12.0 Å². The zero-order valence-electron chi connectivity index (χ0n) is 11.7. The van der Waals surface area contributed by atoms with Gasteiger partial charge in [0.2, 0.25) is 0 Å². The van der Waals surface area contributed by atoms with Gasteiger partial charge in [0.1, 0.15) is 5.82 Å². The molecule has 2 aromatic carbocycles. The van der Waals surface area contributed by atoms with E-state index in [4.69, 9.17) is 5.11 Å². The van der Waals surface area contributed by atoms with Gasteiger partial charge in [-0.2, -0.15) is 0 Å². The van der Waals surface area contributed by atoms with E-state index < -0.39 is 5.97 Å². The van der Waals surface area contributed by atoms with Crippen LogP contribution in [0.3, 0.4) is 0 Å². The number of benzene rings is 2. The summed E-state index contributed by atoms with van der Waals surface area (Å²) in [6, 6.07) is 14.2. The van der Waals surface area contributed by atoms with Gasteiger partial charge in [-0.05, 0) is 30.2 Å². The third kappa shape index (κ3) is 2.88. The van der Waals surface area contributed by atoms with Crippen LogP contribution in [0.4, 0.5) is 0 Å². The number of carboxylic acids is 1. The van der Waals surface area contributed by atoms with Crippen LogP contribution in [-0.4, -0.2) is 21.0 Å². The first-order chi connectivity index (χ1) is 10.6. The fraction of sp³-hybridized carbons (Fsp3) is 0.118. The SMILES string of the molecule is O=C(O)c1ccc2c(=O)[nH]c(CCc3ccccc3)nc2c1. The molecule has 0 aliphatic carbocycles. The zero-order chi connectivity index (χ0) is 15.5. The Bertz CT molecular complexity index is 885. The maximum Gasteiger partial charge on any atom is 0.335 e. The van der Waals surface area contributed by atoms with Gasteiger partial charge < -0.3 is 10.1 Å². The standard InChI is InChI=1S/C17H14N2O3/c20-16-13-8-7-12(17(21)22)10-14(13)18-15(19-16)9-6-11-4-2-1-3-5-11/h1-5,7-8,10H,6,9H2,(H,21,22)(H,18,19,20). The third-order valence-corrected chi connectivity index (χ3v) is 3.50. The van der Waals surface area contributed by atoms with E-state index >= 15 is 0 Å². The van der Waals surface area contributed by atoms with Crippen molar-refractivity contribution in [2.45, 2.75) is 12.8 Å². The number of aryl methyl sites for hydroxylation is 2. The van der Waals surface area contributed by atoms with E-state index in [9.17, 15) is 9.59 Å². The molecule has 2 N–H and O–H groups in total. The summed E-state index contributed by atoms with van der Waals surface area (Å²) in [4.78, 5) is 30.2. The molecule has 1 heterocycles. The summed E-state index contributed by atoms with van der Waals surface area (Å²) in [6.07, 6.45) is 1.35. The molecule has 0 unspecified atom stereocenters. The number of carboxylic acid groups (broad SMARTS) is 1. The lowest BCUT2D eigenvalue weighted by atomic mass is 10.1. The molecule has 0 saturated carbocycles. The molecular formula is C17H14N2O3. The van der Waals surface area contributed by atoms with Gasteiger partial charge >= 0.3 is 5.97 Å². The normalized spacial score (nSPS) is 10.7. The van der Waals surface area contributed by atoms with E-state index in [-0.39, 0.29) is 11.1 Å². The number of hydrogen-bond acceptors (Lipinski definition) is 3. The van der Waals surface area contributed by atoms with Gasteiger partial charge in [-0.1, -0.05) is 30.3 Å². The fourth-order valence-corrected chi connectivity index (χ4v) is 2.35. The van der Waals surface area contributed by atoms with Gasteiger partial charge in [0, 0.05) is 6.42 Å². The second-order valence-corrected chi connectivity index (χ2v) is 5.04. The molecule has 5 heteroatoms. The van der Waals surface area contributed by atoms with Crippen LogP contribution in [0.1, 0.15) is 21.7 Å². The fourth-order valence-electron chi connectivity index (χ4n) is 2.35. The smallest absolute Gasteiger partial charge is 0.335 e. The Morgan fingerprint density at radius 1 is 1.09 bits per heavy atom. The molecule has 22 heavy (non-hydrogen) atoms. The first-order valence-corrected chi connectivity index (χ1v) is 6.93. The van der Waals surface area contributed by atoms with E-state index in [1.165, 1.54) is 18.2 Å². The molecule has 0 spiro atoms. The van der Waals surface area contributed by atoms with Gasteiger partial charge in [0.05, 0.1) is 16.5 Å². The highest BCUT2D eigenvalue weighted by Crippen LogP contribution is 2.11. The number of nitrogens with one attached hydrogen (secondary N) is 1. The van der Waals surface area contributed by atoms with Crippen LogP contribution in [0.15, 0.2) is 53.3 Å². The number of H-pyrrole nitrogens is 1. The maximum absolute atomic E-state index is 12.0. The molecule has 0 amide bonds. The molecule has 0 fully saturated rings. The minimum atomic E-state index is -1.03. The lowest BCUT2D eigenvalue weighted by Crippen LogP contribution is -2.13. The van der Waals surface area contributed by atoms with Crippen molar-refractivity contribution in [2.75, 3.05) is 0 Å². The summed E-state index contributed by atoms with van der Waals surface area (Å²) in [5.41, 5.74) is 1.45. The second kappa shape index (κ2) is 5.81. The van der Waals surface area contributed by atoms with Crippen molar-refractivity contribution < 1.29 is 9.90 Å². The van der Waals surface area contributed by atoms with Crippen molar-refractivity contribution in [2.24, 2.45) is 0 Å². The van der Waals surface area contributed by atoms with Crippen molar-refractivity contribution >= 4 is 16.9 Å². The van der Waals surface area contributed by atoms with Crippen molar-refractivity contribution in [1.82, 2.24) is 9.97 Å². The molecule has 0 saturated heterocycles. The molecule has 0 radical (unpaired) electrons. The topological polar surface area (TPSA) is 83.0 Å². The Kier molecular flexibility index (Phi) is 3.70. The van der Waals surface area contributed by atoms with E-state index in [1.54, 1.807) is 0 Å². The minimum Gasteiger partial charge on any atom is -0.478 e. The lowest BCUT2D eigenvalue weighted by molar-refractivity contribution is 0.0697. The Hall–Kier alpha value is -2.95. The van der Waals surface area contributed by atoms with Crippen molar-refractivity contribution in [3.63, 3.8) is 0 Å². The highest BCUT2D eigenvalue weighted by molar-refractivity contribution is 5.92. The Labute approximate surface area is 126 Å². The van der Waals surface area contributed by atoms with Crippen LogP contribution in [-0.2, 0) is 12.8 Å². The van der Waals surface area contributed by atoms with Crippen LogP contribution in [0.25, 0.3) is 10.9 Å². The first-order valence-electron chi connectivity index (χ1n) is 6.93. The quantitative estimate of drug-likeness (QED) is 0.774. The van der Waals surface area contributed by atoms with Crippen LogP contribution in [0.2, 0.25) is 0 Å². The number of aromatic carboxylic acids is 1. The summed E-state index contributed by atoms with van der Waals surface area (Å²) in [7, 11) is 0. The molecule has 5 nitrogen and oxygen atoms in total.